The lowest BCUT2D eigenvalue weighted by Crippen LogP contribution is -2.27. The summed E-state index contributed by atoms with van der Waals surface area (Å²) in [5, 5.41) is 1.02. The Labute approximate surface area is 226 Å². The molecule has 2 aliphatic carbocycles. The van der Waals surface area contributed by atoms with Crippen LogP contribution in [0.25, 0.3) is 22.0 Å². The Morgan fingerprint density at radius 1 is 0.973 bits per heavy atom. The molecule has 0 fully saturated rings. The molecule has 6 rings (SSSR count). The number of allylic oxidation sites excluding steroid dienone is 2. The fraction of sp³-hybridized carbons (Fsp3) is 0.242. The van der Waals surface area contributed by atoms with E-state index in [0.717, 1.165) is 57.9 Å². The van der Waals surface area contributed by atoms with E-state index in [1.807, 2.05) is 18.2 Å². The highest BCUT2D eigenvalue weighted by atomic mass is 79.9. The maximum Gasteiger partial charge on any atom is 0.252 e. The molecule has 0 bridgehead atoms. The molecular formula is C33H29BrN2O. The number of aromatic amines is 1. The van der Waals surface area contributed by atoms with Gasteiger partial charge >= 0.3 is 0 Å². The number of fused-ring (bicyclic) bond motifs is 1. The van der Waals surface area contributed by atoms with Crippen LogP contribution in [0.5, 0.6) is 0 Å². The van der Waals surface area contributed by atoms with Gasteiger partial charge in [0, 0.05) is 38.5 Å². The number of hydrogen-bond acceptors (Lipinski definition) is 2. The van der Waals surface area contributed by atoms with E-state index in [-0.39, 0.29) is 17.4 Å². The molecule has 0 aliphatic heterocycles. The molecule has 3 nitrogen and oxygen atoms in total. The topological polar surface area (TPSA) is 36.1 Å². The maximum absolute atomic E-state index is 13.7. The predicted molar refractivity (Wildman–Crippen MR) is 156 cm³/mol. The molecule has 0 amide bonds. The van der Waals surface area contributed by atoms with E-state index in [4.69, 9.17) is 0 Å². The molecule has 0 spiro atoms. The lowest BCUT2D eigenvalue weighted by atomic mass is 9.72. The molecule has 1 heterocycles. The fourth-order valence-corrected chi connectivity index (χ4v) is 6.37. The molecular weight excluding hydrogens is 520 g/mol. The number of aryl methyl sites for hydroxylation is 1. The number of nitrogens with one attached hydrogen (secondary N) is 1. The van der Waals surface area contributed by atoms with Crippen LogP contribution in [0.15, 0.2) is 93.5 Å². The number of H-pyrrole nitrogens is 1. The van der Waals surface area contributed by atoms with Crippen LogP contribution in [-0.4, -0.2) is 30.5 Å². The first-order chi connectivity index (χ1) is 18.0. The third kappa shape index (κ3) is 4.48. The molecule has 1 aromatic heterocycles. The van der Waals surface area contributed by atoms with Crippen LogP contribution in [0.3, 0.4) is 0 Å². The molecule has 2 unspecified atom stereocenters. The highest BCUT2D eigenvalue weighted by Gasteiger charge is 2.34. The van der Waals surface area contributed by atoms with Gasteiger partial charge in [0.2, 0.25) is 0 Å². The zero-order valence-corrected chi connectivity index (χ0v) is 22.7. The van der Waals surface area contributed by atoms with E-state index in [1.54, 1.807) is 0 Å². The van der Waals surface area contributed by atoms with E-state index in [1.165, 1.54) is 22.3 Å². The maximum atomic E-state index is 13.7. The normalized spacial score (nSPS) is 15.5. The van der Waals surface area contributed by atoms with Gasteiger partial charge in [-0.25, -0.2) is 0 Å². The van der Waals surface area contributed by atoms with Crippen LogP contribution >= 0.6 is 15.9 Å². The highest BCUT2D eigenvalue weighted by molar-refractivity contribution is 9.10. The number of nitrogens with zero attached hydrogens (tertiary/aromatic N) is 1. The molecule has 4 heteroatoms. The zero-order valence-electron chi connectivity index (χ0n) is 21.1. The summed E-state index contributed by atoms with van der Waals surface area (Å²) in [7, 11) is 4.22. The van der Waals surface area contributed by atoms with Crippen molar-refractivity contribution in [3.05, 3.63) is 127 Å². The average Bonchev–Trinajstić information content (AvgIpc) is 3.32. The van der Waals surface area contributed by atoms with Crippen molar-refractivity contribution in [3.8, 4) is 0 Å². The highest BCUT2D eigenvalue weighted by Crippen LogP contribution is 2.46. The van der Waals surface area contributed by atoms with Gasteiger partial charge in [-0.05, 0) is 91.8 Å². The summed E-state index contributed by atoms with van der Waals surface area (Å²) in [4.78, 5) is 19.1. The second kappa shape index (κ2) is 9.82. The smallest absolute Gasteiger partial charge is 0.252 e. The molecule has 0 saturated heterocycles. The van der Waals surface area contributed by atoms with Crippen LogP contribution < -0.4 is 5.56 Å². The van der Waals surface area contributed by atoms with Crippen molar-refractivity contribution in [1.29, 1.82) is 0 Å². The van der Waals surface area contributed by atoms with Crippen molar-refractivity contribution in [2.75, 3.05) is 20.6 Å². The Bertz CT molecular complexity index is 1670. The Hall–Kier alpha value is -3.39. The van der Waals surface area contributed by atoms with Gasteiger partial charge in [-0.3, -0.25) is 4.79 Å². The molecule has 0 radical (unpaired) electrons. The van der Waals surface area contributed by atoms with Crippen molar-refractivity contribution in [1.82, 2.24) is 9.88 Å². The van der Waals surface area contributed by atoms with E-state index in [9.17, 15) is 4.79 Å². The number of halogens is 1. The lowest BCUT2D eigenvalue weighted by molar-refractivity contribution is 0.365. The van der Waals surface area contributed by atoms with Crippen LogP contribution in [0, 0.1) is 5.92 Å². The number of aromatic nitrogens is 1. The largest absolute Gasteiger partial charge is 0.322 e. The third-order valence-electron chi connectivity index (χ3n) is 7.72. The van der Waals surface area contributed by atoms with Crippen molar-refractivity contribution in [2.45, 2.75) is 25.2 Å². The minimum atomic E-state index is -0.128. The Kier molecular flexibility index (Phi) is 6.36. The first kappa shape index (κ1) is 24.0. The molecule has 37 heavy (non-hydrogen) atoms. The number of pyridine rings is 1. The van der Waals surface area contributed by atoms with Gasteiger partial charge in [-0.1, -0.05) is 75.9 Å². The summed E-state index contributed by atoms with van der Waals surface area (Å²) >= 11 is 3.60. The summed E-state index contributed by atoms with van der Waals surface area (Å²) in [6.45, 7) is 0.905. The predicted octanol–water partition coefficient (Wildman–Crippen LogP) is 7.17. The molecule has 0 saturated carbocycles. The zero-order chi connectivity index (χ0) is 25.5. The van der Waals surface area contributed by atoms with Gasteiger partial charge in [0.15, 0.2) is 0 Å². The standard InChI is InChI=1S/C33H29BrN2O/c1-36(2)18-17-28(26-15-13-23-12-11-22-9-6-10-27(26)31(22)23)32(21-7-4-3-5-8-21)29-20-24-19-25(34)14-16-30(24)35-33(29)37/h3-10,14,16,19-20,28,32H,11-12,17-18H2,1-2H3,(H,35,37). The Morgan fingerprint density at radius 2 is 1.81 bits per heavy atom. The van der Waals surface area contributed by atoms with Crippen LogP contribution in [-0.2, 0) is 6.42 Å². The molecule has 3 aromatic carbocycles. The molecule has 2 atom stereocenters. The molecule has 184 valence electrons. The van der Waals surface area contributed by atoms with Gasteiger partial charge in [0.25, 0.3) is 5.56 Å². The Morgan fingerprint density at radius 3 is 2.62 bits per heavy atom. The van der Waals surface area contributed by atoms with Crippen LogP contribution in [0.1, 0.15) is 46.6 Å². The second-order valence-electron chi connectivity index (χ2n) is 10.4. The summed E-state index contributed by atoms with van der Waals surface area (Å²) in [5.74, 6) is -0.0759. The minimum Gasteiger partial charge on any atom is -0.322 e. The van der Waals surface area contributed by atoms with E-state index >= 15 is 0 Å². The van der Waals surface area contributed by atoms with Crippen molar-refractivity contribution in [3.63, 3.8) is 0 Å². The summed E-state index contributed by atoms with van der Waals surface area (Å²) in [5.41, 5.74) is 16.3. The van der Waals surface area contributed by atoms with Crippen LogP contribution in [0.2, 0.25) is 0 Å². The number of benzene rings is 3. The monoisotopic (exact) mass is 548 g/mol. The number of hydrogen-bond donors (Lipinski definition) is 1. The van der Waals surface area contributed by atoms with Gasteiger partial charge in [-0.15, -0.1) is 0 Å². The summed E-state index contributed by atoms with van der Waals surface area (Å²) in [6, 6.07) is 25.2. The van der Waals surface area contributed by atoms with Crippen molar-refractivity contribution < 1.29 is 0 Å². The van der Waals surface area contributed by atoms with E-state index in [0.29, 0.717) is 0 Å². The van der Waals surface area contributed by atoms with Crippen LogP contribution in [0.4, 0.5) is 0 Å². The first-order valence-corrected chi connectivity index (χ1v) is 13.7. The first-order valence-electron chi connectivity index (χ1n) is 12.9. The lowest BCUT2D eigenvalue weighted by Gasteiger charge is -2.31. The Balaban J connectivity index is 1.60. The minimum absolute atomic E-state index is 0.0339. The molecule has 1 N–H and O–H groups in total. The van der Waals surface area contributed by atoms with Gasteiger partial charge < -0.3 is 9.88 Å². The van der Waals surface area contributed by atoms with Gasteiger partial charge in [-0.2, -0.15) is 0 Å². The summed E-state index contributed by atoms with van der Waals surface area (Å²) < 4.78 is 0.994. The SMILES string of the molecule is CN(C)CCC(C1=C=C=C2CCc3cccc1c32)C(c1ccccc1)c1cc2cc(Br)ccc2[nH]c1=O. The summed E-state index contributed by atoms with van der Waals surface area (Å²) in [6.07, 6.45) is 2.98. The van der Waals surface area contributed by atoms with Gasteiger partial charge in [0.1, 0.15) is 0 Å². The van der Waals surface area contributed by atoms with Crippen molar-refractivity contribution >= 4 is 38.0 Å². The molecule has 2 aliphatic rings. The van der Waals surface area contributed by atoms with Crippen molar-refractivity contribution in [2.24, 2.45) is 5.92 Å². The van der Waals surface area contributed by atoms with E-state index in [2.05, 4.69) is 106 Å². The fourth-order valence-electron chi connectivity index (χ4n) is 5.99. The van der Waals surface area contributed by atoms with E-state index < -0.39 is 0 Å². The quantitative estimate of drug-likeness (QED) is 0.248. The van der Waals surface area contributed by atoms with Gasteiger partial charge in [0.05, 0.1) is 0 Å². The average molecular weight is 550 g/mol. The third-order valence-corrected chi connectivity index (χ3v) is 8.22. The molecule has 4 aromatic rings. The second-order valence-corrected chi connectivity index (χ2v) is 11.3. The number of rotatable bonds is 7.